The van der Waals surface area contributed by atoms with Gasteiger partial charge in [0.2, 0.25) is 0 Å². The minimum Gasteiger partial charge on any atom is -0.323 e. The number of hydrogen-bond acceptors (Lipinski definition) is 3. The topological polar surface area (TPSA) is 52.7 Å². The van der Waals surface area contributed by atoms with Crippen molar-refractivity contribution >= 4 is 11.9 Å². The van der Waals surface area contributed by atoms with E-state index >= 15 is 0 Å². The predicted octanol–water partition coefficient (Wildman–Crippen LogP) is 3.70. The minimum atomic E-state index is -0.708. The van der Waals surface area contributed by atoms with Crippen LogP contribution in [0.25, 0.3) is 0 Å². The summed E-state index contributed by atoms with van der Waals surface area (Å²) < 4.78 is 0. The highest BCUT2D eigenvalue weighted by molar-refractivity contribution is 6.07. The van der Waals surface area contributed by atoms with Crippen LogP contribution >= 0.6 is 0 Å². The fourth-order valence-corrected chi connectivity index (χ4v) is 5.59. The molecule has 4 rings (SSSR count). The average molecular weight is 370 g/mol. The van der Waals surface area contributed by atoms with E-state index in [1.54, 1.807) is 0 Å². The van der Waals surface area contributed by atoms with Crippen molar-refractivity contribution in [3.05, 3.63) is 35.4 Å². The molecular weight excluding hydrogens is 338 g/mol. The van der Waals surface area contributed by atoms with Gasteiger partial charge in [0.25, 0.3) is 5.91 Å². The molecule has 1 aliphatic heterocycles. The molecule has 1 aromatic rings. The maximum absolute atomic E-state index is 13.4. The molecule has 5 nitrogen and oxygen atoms in total. The summed E-state index contributed by atoms with van der Waals surface area (Å²) in [4.78, 5) is 29.8. The molecule has 2 fully saturated rings. The van der Waals surface area contributed by atoms with E-state index in [0.29, 0.717) is 6.67 Å². The van der Waals surface area contributed by atoms with E-state index in [0.717, 1.165) is 38.5 Å². The van der Waals surface area contributed by atoms with Crippen LogP contribution in [0, 0.1) is 11.8 Å². The van der Waals surface area contributed by atoms with Gasteiger partial charge in [0.15, 0.2) is 0 Å². The highest BCUT2D eigenvalue weighted by atomic mass is 16.2. The second kappa shape index (κ2) is 6.93. The van der Waals surface area contributed by atoms with Crippen molar-refractivity contribution in [2.24, 2.45) is 11.8 Å². The Kier molecular flexibility index (Phi) is 4.75. The Balaban J connectivity index is 1.55. The molecule has 1 heterocycles. The number of benzene rings is 1. The van der Waals surface area contributed by atoms with Crippen molar-refractivity contribution in [3.63, 3.8) is 0 Å². The zero-order valence-electron chi connectivity index (χ0n) is 16.7. The molecule has 146 valence electrons. The van der Waals surface area contributed by atoms with Gasteiger partial charge in [0.1, 0.15) is 5.54 Å². The molecule has 0 aromatic heterocycles. The molecule has 3 aliphatic rings. The van der Waals surface area contributed by atoms with Crippen LogP contribution < -0.4 is 5.32 Å². The van der Waals surface area contributed by atoms with Crippen molar-refractivity contribution in [2.45, 2.75) is 64.0 Å². The molecule has 1 unspecified atom stereocenters. The Bertz CT molecular complexity index is 737. The van der Waals surface area contributed by atoms with E-state index in [1.165, 1.54) is 16.0 Å². The summed E-state index contributed by atoms with van der Waals surface area (Å²) in [6.45, 7) is 4.57. The number of nitrogens with zero attached hydrogens (tertiary/aromatic N) is 2. The molecule has 0 radical (unpaired) electrons. The molecule has 0 bridgehead atoms. The minimum absolute atomic E-state index is 0.0249. The molecule has 3 amide bonds. The fraction of sp³-hybridized carbons (Fsp3) is 0.636. The molecule has 4 atom stereocenters. The molecular formula is C22H31N3O2. The van der Waals surface area contributed by atoms with Gasteiger partial charge in [0.05, 0.1) is 6.67 Å². The summed E-state index contributed by atoms with van der Waals surface area (Å²) in [5.74, 6) is 0.343. The number of aryl methyl sites for hydroxylation is 1. The van der Waals surface area contributed by atoms with Crippen molar-refractivity contribution in [2.75, 3.05) is 13.7 Å². The van der Waals surface area contributed by atoms with Gasteiger partial charge in [-0.15, -0.1) is 0 Å². The summed E-state index contributed by atoms with van der Waals surface area (Å²) in [7, 11) is 2.03. The number of hydrogen-bond donors (Lipinski definition) is 1. The Morgan fingerprint density at radius 2 is 1.81 bits per heavy atom. The summed E-state index contributed by atoms with van der Waals surface area (Å²) in [5, 5.41) is 3.11. The zero-order chi connectivity index (χ0) is 19.2. The smallest absolute Gasteiger partial charge is 0.323 e. The SMILES string of the molecule is C[C@@H]1CCC[C@H](C)C12NC(=O)N(CN(C)[C@H]1CCCc3ccccc31)C2=O. The third-order valence-corrected chi connectivity index (χ3v) is 7.22. The number of imide groups is 1. The van der Waals surface area contributed by atoms with Crippen LogP contribution in [0.2, 0.25) is 0 Å². The molecule has 1 saturated heterocycles. The molecule has 27 heavy (non-hydrogen) atoms. The van der Waals surface area contributed by atoms with E-state index in [-0.39, 0.29) is 29.8 Å². The van der Waals surface area contributed by atoms with Crippen LogP contribution in [0.15, 0.2) is 24.3 Å². The zero-order valence-corrected chi connectivity index (χ0v) is 16.7. The Morgan fingerprint density at radius 1 is 1.11 bits per heavy atom. The summed E-state index contributed by atoms with van der Waals surface area (Å²) in [6, 6.07) is 8.59. The van der Waals surface area contributed by atoms with Crippen LogP contribution in [0.1, 0.15) is 63.1 Å². The molecule has 5 heteroatoms. The van der Waals surface area contributed by atoms with Gasteiger partial charge in [-0.2, -0.15) is 0 Å². The number of rotatable bonds is 3. The summed E-state index contributed by atoms with van der Waals surface area (Å²) in [6.07, 6.45) is 6.44. The van der Waals surface area contributed by atoms with E-state index in [2.05, 4.69) is 48.3 Å². The highest BCUT2D eigenvalue weighted by Crippen LogP contribution is 2.42. The lowest BCUT2D eigenvalue weighted by atomic mass is 9.67. The number of carbonyl (C=O) groups excluding carboxylic acids is 2. The molecule has 1 spiro atoms. The van der Waals surface area contributed by atoms with E-state index in [4.69, 9.17) is 0 Å². The third kappa shape index (κ3) is 2.87. The molecule has 1 saturated carbocycles. The van der Waals surface area contributed by atoms with E-state index in [1.807, 2.05) is 7.05 Å². The number of amides is 3. The van der Waals surface area contributed by atoms with Crippen LogP contribution in [0.3, 0.4) is 0 Å². The van der Waals surface area contributed by atoms with Gasteiger partial charge in [-0.25, -0.2) is 9.69 Å². The van der Waals surface area contributed by atoms with Crippen LogP contribution in [-0.4, -0.2) is 41.0 Å². The lowest BCUT2D eigenvalue weighted by Gasteiger charge is -2.42. The monoisotopic (exact) mass is 369 g/mol. The molecule has 1 aromatic carbocycles. The van der Waals surface area contributed by atoms with Crippen molar-refractivity contribution in [3.8, 4) is 0 Å². The number of fused-ring (bicyclic) bond motifs is 1. The van der Waals surface area contributed by atoms with Crippen molar-refractivity contribution in [1.29, 1.82) is 0 Å². The first-order valence-electron chi connectivity index (χ1n) is 10.4. The molecule has 1 N–H and O–H groups in total. The maximum atomic E-state index is 13.4. The third-order valence-electron chi connectivity index (χ3n) is 7.22. The quantitative estimate of drug-likeness (QED) is 0.827. The van der Waals surface area contributed by atoms with Gasteiger partial charge < -0.3 is 5.32 Å². The standard InChI is InChI=1S/C22H31N3O2/c1-15-8-6-9-16(2)22(15)20(26)25(21(27)23-22)14-24(3)19-13-7-11-17-10-4-5-12-18(17)19/h4-5,10,12,15-16,19H,6-9,11,13-14H2,1-3H3,(H,23,27)/t15-,16+,19-,22?/m0/s1. The van der Waals surface area contributed by atoms with Crippen LogP contribution in [0.4, 0.5) is 4.79 Å². The number of nitrogens with one attached hydrogen (secondary N) is 1. The lowest BCUT2D eigenvalue weighted by Crippen LogP contribution is -2.59. The first-order valence-corrected chi connectivity index (χ1v) is 10.4. The lowest BCUT2D eigenvalue weighted by molar-refractivity contribution is -0.138. The number of carbonyl (C=O) groups is 2. The maximum Gasteiger partial charge on any atom is 0.326 e. The largest absolute Gasteiger partial charge is 0.326 e. The van der Waals surface area contributed by atoms with Crippen LogP contribution in [0.5, 0.6) is 0 Å². The number of urea groups is 1. The fourth-order valence-electron chi connectivity index (χ4n) is 5.59. The van der Waals surface area contributed by atoms with Gasteiger partial charge in [0, 0.05) is 6.04 Å². The van der Waals surface area contributed by atoms with Crippen molar-refractivity contribution < 1.29 is 9.59 Å². The first-order chi connectivity index (χ1) is 12.9. The van der Waals surface area contributed by atoms with Gasteiger partial charge >= 0.3 is 6.03 Å². The second-order valence-corrected chi connectivity index (χ2v) is 8.77. The van der Waals surface area contributed by atoms with Crippen molar-refractivity contribution in [1.82, 2.24) is 15.1 Å². The average Bonchev–Trinajstić information content (AvgIpc) is 2.91. The van der Waals surface area contributed by atoms with Gasteiger partial charge in [-0.1, -0.05) is 44.5 Å². The summed E-state index contributed by atoms with van der Waals surface area (Å²) >= 11 is 0. The predicted molar refractivity (Wildman–Crippen MR) is 105 cm³/mol. The Labute approximate surface area is 162 Å². The normalized spacial score (nSPS) is 33.5. The molecule has 2 aliphatic carbocycles. The summed E-state index contributed by atoms with van der Waals surface area (Å²) in [5.41, 5.74) is 2.02. The van der Waals surface area contributed by atoms with Crippen LogP contribution in [-0.2, 0) is 11.2 Å². The Hall–Kier alpha value is -1.88. The highest BCUT2D eigenvalue weighted by Gasteiger charge is 2.58. The van der Waals surface area contributed by atoms with E-state index < -0.39 is 5.54 Å². The first kappa shape index (κ1) is 18.5. The van der Waals surface area contributed by atoms with E-state index in [9.17, 15) is 9.59 Å². The van der Waals surface area contributed by atoms with Gasteiger partial charge in [-0.3, -0.25) is 9.69 Å². The van der Waals surface area contributed by atoms with Gasteiger partial charge in [-0.05, 0) is 62.1 Å². The second-order valence-electron chi connectivity index (χ2n) is 8.77. The Morgan fingerprint density at radius 3 is 2.56 bits per heavy atom.